The molecule has 1 heterocycles. The second kappa shape index (κ2) is 9.69. The molecule has 0 unspecified atom stereocenters. The third-order valence-corrected chi connectivity index (χ3v) is 5.49. The van der Waals surface area contributed by atoms with Gasteiger partial charge in [0.05, 0.1) is 16.1 Å². The molecule has 1 aromatic heterocycles. The number of alkyl halides is 3. The molecule has 0 radical (unpaired) electrons. The summed E-state index contributed by atoms with van der Waals surface area (Å²) in [6.07, 6.45) is -3.62. The SMILES string of the molecule is CCc1ccccc1COc1cccc(Cl)c1-c1nc(O)nc(-c2ccc(C(F)(F)F)cc2)n1. The van der Waals surface area contributed by atoms with Gasteiger partial charge >= 0.3 is 12.2 Å². The first-order valence-electron chi connectivity index (χ1n) is 10.4. The standard InChI is InChI=1S/C25H19ClF3N3O2/c1-2-15-6-3-4-7-17(15)14-34-20-9-5-8-19(26)21(20)23-30-22(31-24(33)32-23)16-10-12-18(13-11-16)25(27,28)29/h3-13H,2,14H2,1H3,(H,30,31,32,33). The van der Waals surface area contributed by atoms with Crippen LogP contribution in [0.1, 0.15) is 23.6 Å². The van der Waals surface area contributed by atoms with Gasteiger partial charge in [-0.3, -0.25) is 0 Å². The summed E-state index contributed by atoms with van der Waals surface area (Å²) in [6.45, 7) is 2.33. The summed E-state index contributed by atoms with van der Waals surface area (Å²) in [5, 5.41) is 10.4. The Morgan fingerprint density at radius 2 is 1.53 bits per heavy atom. The molecule has 0 aliphatic carbocycles. The molecule has 0 spiro atoms. The van der Waals surface area contributed by atoms with Gasteiger partial charge in [-0.15, -0.1) is 0 Å². The average Bonchev–Trinajstić information content (AvgIpc) is 2.82. The van der Waals surface area contributed by atoms with Crippen molar-refractivity contribution in [2.75, 3.05) is 0 Å². The van der Waals surface area contributed by atoms with Crippen LogP contribution < -0.4 is 4.74 Å². The van der Waals surface area contributed by atoms with Crippen LogP contribution in [0.5, 0.6) is 11.8 Å². The second-order valence-corrected chi connectivity index (χ2v) is 7.79. The molecule has 0 saturated carbocycles. The molecule has 0 bridgehead atoms. The summed E-state index contributed by atoms with van der Waals surface area (Å²) >= 11 is 6.44. The van der Waals surface area contributed by atoms with Crippen molar-refractivity contribution in [1.29, 1.82) is 0 Å². The lowest BCUT2D eigenvalue weighted by Gasteiger charge is -2.14. The lowest BCUT2D eigenvalue weighted by molar-refractivity contribution is -0.137. The van der Waals surface area contributed by atoms with Crippen LogP contribution in [0.2, 0.25) is 5.02 Å². The van der Waals surface area contributed by atoms with Gasteiger partial charge in [0.15, 0.2) is 11.6 Å². The number of ether oxygens (including phenoxy) is 1. The highest BCUT2D eigenvalue weighted by Gasteiger charge is 2.30. The molecule has 9 heteroatoms. The van der Waals surface area contributed by atoms with Crippen LogP contribution in [0.25, 0.3) is 22.8 Å². The van der Waals surface area contributed by atoms with Gasteiger partial charge in [-0.05, 0) is 41.8 Å². The lowest BCUT2D eigenvalue weighted by atomic mass is 10.1. The van der Waals surface area contributed by atoms with E-state index in [0.717, 1.165) is 29.7 Å². The molecule has 5 nitrogen and oxygen atoms in total. The molecule has 0 fully saturated rings. The lowest BCUT2D eigenvalue weighted by Crippen LogP contribution is -2.05. The fourth-order valence-electron chi connectivity index (χ4n) is 3.45. The van der Waals surface area contributed by atoms with Crippen LogP contribution >= 0.6 is 11.6 Å². The van der Waals surface area contributed by atoms with Crippen molar-refractivity contribution in [3.8, 4) is 34.5 Å². The third kappa shape index (κ3) is 5.12. The van der Waals surface area contributed by atoms with E-state index in [4.69, 9.17) is 16.3 Å². The van der Waals surface area contributed by atoms with E-state index >= 15 is 0 Å². The quantitative estimate of drug-likeness (QED) is 0.328. The number of rotatable bonds is 6. The Bertz CT molecular complexity index is 1310. The second-order valence-electron chi connectivity index (χ2n) is 7.38. The van der Waals surface area contributed by atoms with Gasteiger partial charge in [0.2, 0.25) is 0 Å². The number of nitrogens with zero attached hydrogens (tertiary/aromatic N) is 3. The van der Waals surface area contributed by atoms with Crippen LogP contribution in [0, 0.1) is 0 Å². The number of hydrogen-bond donors (Lipinski definition) is 1. The minimum absolute atomic E-state index is 0.00146. The van der Waals surface area contributed by atoms with Gasteiger partial charge < -0.3 is 9.84 Å². The first-order chi connectivity index (χ1) is 16.3. The first-order valence-corrected chi connectivity index (χ1v) is 10.7. The van der Waals surface area contributed by atoms with E-state index in [1.165, 1.54) is 12.1 Å². The van der Waals surface area contributed by atoms with Crippen molar-refractivity contribution in [1.82, 2.24) is 15.0 Å². The average molecular weight is 486 g/mol. The molecule has 4 aromatic rings. The zero-order valence-corrected chi connectivity index (χ0v) is 18.7. The molecule has 0 aliphatic rings. The molecule has 0 amide bonds. The number of aromatic hydroxyl groups is 1. The van der Waals surface area contributed by atoms with Crippen LogP contribution in [0.4, 0.5) is 13.2 Å². The van der Waals surface area contributed by atoms with Gasteiger partial charge in [-0.2, -0.15) is 23.1 Å². The Morgan fingerprint density at radius 1 is 0.853 bits per heavy atom. The molecule has 174 valence electrons. The highest BCUT2D eigenvalue weighted by molar-refractivity contribution is 6.33. The molecule has 0 aliphatic heterocycles. The van der Waals surface area contributed by atoms with E-state index in [2.05, 4.69) is 21.9 Å². The fraction of sp³-hybridized carbons (Fsp3) is 0.160. The molecule has 0 atom stereocenters. The molecule has 1 N–H and O–H groups in total. The number of hydrogen-bond acceptors (Lipinski definition) is 5. The first kappa shape index (κ1) is 23.5. The van der Waals surface area contributed by atoms with Gasteiger partial charge in [-0.25, -0.2) is 4.98 Å². The summed E-state index contributed by atoms with van der Waals surface area (Å²) in [5.74, 6) is 0.424. The minimum atomic E-state index is -4.47. The summed E-state index contributed by atoms with van der Waals surface area (Å²) in [6, 6.07) is 16.6. The van der Waals surface area contributed by atoms with E-state index in [0.29, 0.717) is 11.3 Å². The zero-order chi connectivity index (χ0) is 24.3. The largest absolute Gasteiger partial charge is 0.488 e. The van der Waals surface area contributed by atoms with Crippen LogP contribution in [0.3, 0.4) is 0 Å². The Kier molecular flexibility index (Phi) is 6.70. The predicted molar refractivity (Wildman–Crippen MR) is 123 cm³/mol. The Balaban J connectivity index is 1.70. The Labute approximate surface area is 198 Å². The maximum atomic E-state index is 12.9. The third-order valence-electron chi connectivity index (χ3n) is 5.18. The molecule has 34 heavy (non-hydrogen) atoms. The smallest absolute Gasteiger partial charge is 0.416 e. The number of halogens is 4. The highest BCUT2D eigenvalue weighted by Crippen LogP contribution is 2.37. The molecule has 3 aromatic carbocycles. The summed E-state index contributed by atoms with van der Waals surface area (Å²) in [5.41, 5.74) is 1.97. The molecule has 4 rings (SSSR count). The minimum Gasteiger partial charge on any atom is -0.488 e. The summed E-state index contributed by atoms with van der Waals surface area (Å²) in [7, 11) is 0. The molecular formula is C25H19ClF3N3O2. The number of aromatic nitrogens is 3. The van der Waals surface area contributed by atoms with E-state index < -0.39 is 17.8 Å². The van der Waals surface area contributed by atoms with Crippen molar-refractivity contribution in [3.63, 3.8) is 0 Å². The van der Waals surface area contributed by atoms with Crippen molar-refractivity contribution in [3.05, 3.63) is 88.4 Å². The molecule has 0 saturated heterocycles. The van der Waals surface area contributed by atoms with E-state index in [9.17, 15) is 18.3 Å². The van der Waals surface area contributed by atoms with Gasteiger partial charge in [0.1, 0.15) is 12.4 Å². The normalized spacial score (nSPS) is 11.4. The Morgan fingerprint density at radius 3 is 2.21 bits per heavy atom. The van der Waals surface area contributed by atoms with Gasteiger partial charge in [-0.1, -0.05) is 61.0 Å². The predicted octanol–water partition coefficient (Wildman–Crippen LogP) is 6.72. The topological polar surface area (TPSA) is 68.1 Å². The van der Waals surface area contributed by atoms with Crippen LogP contribution in [-0.2, 0) is 19.2 Å². The fourth-order valence-corrected chi connectivity index (χ4v) is 3.70. The van der Waals surface area contributed by atoms with Gasteiger partial charge in [0, 0.05) is 5.56 Å². The van der Waals surface area contributed by atoms with E-state index in [-0.39, 0.29) is 28.8 Å². The van der Waals surface area contributed by atoms with Crippen molar-refractivity contribution >= 4 is 11.6 Å². The maximum absolute atomic E-state index is 12.9. The number of aryl methyl sites for hydroxylation is 1. The molecular weight excluding hydrogens is 467 g/mol. The van der Waals surface area contributed by atoms with E-state index in [1.807, 2.05) is 24.3 Å². The van der Waals surface area contributed by atoms with E-state index in [1.54, 1.807) is 18.2 Å². The van der Waals surface area contributed by atoms with Crippen LogP contribution in [0.15, 0.2) is 66.7 Å². The highest BCUT2D eigenvalue weighted by atomic mass is 35.5. The Hall–Kier alpha value is -3.65. The van der Waals surface area contributed by atoms with Crippen LogP contribution in [-0.4, -0.2) is 20.1 Å². The van der Waals surface area contributed by atoms with Crippen molar-refractivity contribution in [2.45, 2.75) is 26.1 Å². The summed E-state index contributed by atoms with van der Waals surface area (Å²) in [4.78, 5) is 12.2. The summed E-state index contributed by atoms with van der Waals surface area (Å²) < 4.78 is 44.7. The maximum Gasteiger partial charge on any atom is 0.416 e. The zero-order valence-electron chi connectivity index (χ0n) is 18.0. The van der Waals surface area contributed by atoms with Crippen molar-refractivity contribution < 1.29 is 23.0 Å². The van der Waals surface area contributed by atoms with Crippen molar-refractivity contribution in [2.24, 2.45) is 0 Å². The number of benzene rings is 3. The van der Waals surface area contributed by atoms with Gasteiger partial charge in [0.25, 0.3) is 0 Å². The monoisotopic (exact) mass is 485 g/mol.